The molecule has 0 saturated heterocycles. The smallest absolute Gasteiger partial charge is 0.297 e. The SMILES string of the molecule is Cc1cc(C(=O)N(C)c2ncccc2Br)on1. The van der Waals surface area contributed by atoms with Crippen molar-refractivity contribution in [1.29, 1.82) is 0 Å². The van der Waals surface area contributed by atoms with Gasteiger partial charge >= 0.3 is 0 Å². The summed E-state index contributed by atoms with van der Waals surface area (Å²) < 4.78 is 5.67. The van der Waals surface area contributed by atoms with Crippen LogP contribution in [0.2, 0.25) is 0 Å². The minimum Gasteiger partial charge on any atom is -0.351 e. The summed E-state index contributed by atoms with van der Waals surface area (Å²) in [5, 5.41) is 3.68. The Kier molecular flexibility index (Phi) is 3.23. The van der Waals surface area contributed by atoms with Crippen molar-refractivity contribution in [3.63, 3.8) is 0 Å². The lowest BCUT2D eigenvalue weighted by molar-refractivity contribution is 0.0956. The summed E-state index contributed by atoms with van der Waals surface area (Å²) in [6.45, 7) is 1.76. The molecule has 0 N–H and O–H groups in total. The van der Waals surface area contributed by atoms with Crippen LogP contribution in [0.25, 0.3) is 0 Å². The van der Waals surface area contributed by atoms with Crippen LogP contribution in [0, 0.1) is 6.92 Å². The monoisotopic (exact) mass is 295 g/mol. The standard InChI is InChI=1S/C11H10BrN3O2/c1-7-6-9(17-14-7)11(16)15(2)10-8(12)4-3-5-13-10/h3-6H,1-2H3. The molecule has 0 atom stereocenters. The zero-order valence-electron chi connectivity index (χ0n) is 9.35. The third-order valence-corrected chi connectivity index (χ3v) is 2.82. The van der Waals surface area contributed by atoms with E-state index in [4.69, 9.17) is 4.52 Å². The molecule has 88 valence electrons. The van der Waals surface area contributed by atoms with Crippen molar-refractivity contribution in [1.82, 2.24) is 10.1 Å². The van der Waals surface area contributed by atoms with Crippen molar-refractivity contribution in [2.24, 2.45) is 0 Å². The van der Waals surface area contributed by atoms with Gasteiger partial charge in [-0.15, -0.1) is 0 Å². The number of rotatable bonds is 2. The molecule has 0 fully saturated rings. The summed E-state index contributed by atoms with van der Waals surface area (Å²) in [4.78, 5) is 17.6. The Labute approximate surface area is 107 Å². The van der Waals surface area contributed by atoms with Crippen molar-refractivity contribution in [2.45, 2.75) is 6.92 Å². The molecule has 17 heavy (non-hydrogen) atoms. The van der Waals surface area contributed by atoms with Crippen LogP contribution in [0.5, 0.6) is 0 Å². The topological polar surface area (TPSA) is 59.2 Å². The molecule has 0 aliphatic rings. The lowest BCUT2D eigenvalue weighted by atomic mass is 10.3. The van der Waals surface area contributed by atoms with E-state index in [9.17, 15) is 4.79 Å². The number of nitrogens with zero attached hydrogens (tertiary/aromatic N) is 3. The van der Waals surface area contributed by atoms with Crippen molar-refractivity contribution < 1.29 is 9.32 Å². The summed E-state index contributed by atoms with van der Waals surface area (Å²) >= 11 is 3.34. The highest BCUT2D eigenvalue weighted by atomic mass is 79.9. The number of aromatic nitrogens is 2. The predicted octanol–water partition coefficient (Wildman–Crippen LogP) is 2.42. The zero-order valence-corrected chi connectivity index (χ0v) is 10.9. The Balaban J connectivity index is 2.29. The minimum absolute atomic E-state index is 0.197. The fourth-order valence-electron chi connectivity index (χ4n) is 1.35. The van der Waals surface area contributed by atoms with Gasteiger partial charge < -0.3 is 4.52 Å². The van der Waals surface area contributed by atoms with Crippen LogP contribution in [0.1, 0.15) is 16.2 Å². The first kappa shape index (κ1) is 11.8. The first-order valence-corrected chi connectivity index (χ1v) is 5.71. The van der Waals surface area contributed by atoms with E-state index in [2.05, 4.69) is 26.1 Å². The number of aryl methyl sites for hydroxylation is 1. The molecule has 5 nitrogen and oxygen atoms in total. The fourth-order valence-corrected chi connectivity index (χ4v) is 1.87. The average molecular weight is 296 g/mol. The Hall–Kier alpha value is -1.69. The molecule has 2 rings (SSSR count). The molecular formula is C11H10BrN3O2. The van der Waals surface area contributed by atoms with Crippen LogP contribution < -0.4 is 4.90 Å². The maximum Gasteiger partial charge on any atom is 0.297 e. The molecule has 6 heteroatoms. The first-order valence-electron chi connectivity index (χ1n) is 4.91. The van der Waals surface area contributed by atoms with Crippen LogP contribution in [-0.4, -0.2) is 23.1 Å². The number of pyridine rings is 1. The molecule has 0 unspecified atom stereocenters. The second-order valence-corrected chi connectivity index (χ2v) is 4.36. The highest BCUT2D eigenvalue weighted by Gasteiger charge is 2.20. The van der Waals surface area contributed by atoms with E-state index in [1.807, 2.05) is 6.07 Å². The molecule has 0 spiro atoms. The number of hydrogen-bond donors (Lipinski definition) is 0. The normalized spacial score (nSPS) is 10.3. The van der Waals surface area contributed by atoms with Crippen LogP contribution >= 0.6 is 15.9 Å². The molecule has 1 amide bonds. The van der Waals surface area contributed by atoms with Gasteiger partial charge in [-0.05, 0) is 35.0 Å². The Morgan fingerprint density at radius 2 is 2.29 bits per heavy atom. The van der Waals surface area contributed by atoms with Crippen LogP contribution in [0.15, 0.2) is 33.4 Å². The molecule has 2 heterocycles. The van der Waals surface area contributed by atoms with Crippen molar-refractivity contribution in [2.75, 3.05) is 11.9 Å². The van der Waals surface area contributed by atoms with Gasteiger partial charge in [0, 0.05) is 19.3 Å². The molecule has 0 radical (unpaired) electrons. The number of halogens is 1. The van der Waals surface area contributed by atoms with Gasteiger partial charge in [-0.2, -0.15) is 0 Å². The zero-order chi connectivity index (χ0) is 12.4. The third kappa shape index (κ3) is 2.36. The number of anilines is 1. The number of hydrogen-bond acceptors (Lipinski definition) is 4. The van der Waals surface area contributed by atoms with E-state index in [0.717, 1.165) is 4.47 Å². The van der Waals surface area contributed by atoms with Gasteiger partial charge in [0.1, 0.15) is 5.82 Å². The number of amides is 1. The van der Waals surface area contributed by atoms with Gasteiger partial charge in [-0.25, -0.2) is 4.98 Å². The van der Waals surface area contributed by atoms with Gasteiger partial charge in [-0.1, -0.05) is 5.16 Å². The van der Waals surface area contributed by atoms with Crippen LogP contribution in [0.3, 0.4) is 0 Å². The second-order valence-electron chi connectivity index (χ2n) is 3.51. The Bertz CT molecular complexity index is 553. The second kappa shape index (κ2) is 4.67. The molecule has 2 aromatic heterocycles. The summed E-state index contributed by atoms with van der Waals surface area (Å²) in [7, 11) is 1.63. The van der Waals surface area contributed by atoms with Crippen LogP contribution in [-0.2, 0) is 0 Å². The van der Waals surface area contributed by atoms with Crippen molar-refractivity contribution in [3.8, 4) is 0 Å². The predicted molar refractivity (Wildman–Crippen MR) is 65.9 cm³/mol. The summed E-state index contributed by atoms with van der Waals surface area (Å²) in [6.07, 6.45) is 1.62. The molecular weight excluding hydrogens is 286 g/mol. The fraction of sp³-hybridized carbons (Fsp3) is 0.182. The van der Waals surface area contributed by atoms with Gasteiger partial charge in [0.25, 0.3) is 5.91 Å². The van der Waals surface area contributed by atoms with Gasteiger partial charge in [-0.3, -0.25) is 9.69 Å². The maximum atomic E-state index is 12.0. The van der Waals surface area contributed by atoms with Crippen molar-refractivity contribution in [3.05, 3.63) is 40.3 Å². The lowest BCUT2D eigenvalue weighted by Gasteiger charge is -2.15. The first-order chi connectivity index (χ1) is 8.09. The molecule has 0 aromatic carbocycles. The van der Waals surface area contributed by atoms with Gasteiger partial charge in [0.15, 0.2) is 0 Å². The van der Waals surface area contributed by atoms with Crippen molar-refractivity contribution >= 4 is 27.7 Å². The molecule has 0 aliphatic heterocycles. The van der Waals surface area contributed by atoms with E-state index in [1.165, 1.54) is 4.90 Å². The van der Waals surface area contributed by atoms with E-state index in [0.29, 0.717) is 11.5 Å². The lowest BCUT2D eigenvalue weighted by Crippen LogP contribution is -2.27. The quantitative estimate of drug-likeness (QED) is 0.854. The Morgan fingerprint density at radius 3 is 2.88 bits per heavy atom. The molecule has 0 bridgehead atoms. The third-order valence-electron chi connectivity index (χ3n) is 2.20. The number of carbonyl (C=O) groups excluding carboxylic acids is 1. The number of carbonyl (C=O) groups is 1. The van der Waals surface area contributed by atoms with E-state index in [1.54, 1.807) is 32.3 Å². The molecule has 2 aromatic rings. The summed E-state index contributed by atoms with van der Waals surface area (Å²) in [5.74, 6) is 0.444. The summed E-state index contributed by atoms with van der Waals surface area (Å²) in [5.41, 5.74) is 0.668. The molecule has 0 aliphatic carbocycles. The van der Waals surface area contributed by atoms with E-state index in [-0.39, 0.29) is 11.7 Å². The highest BCUT2D eigenvalue weighted by Crippen LogP contribution is 2.23. The van der Waals surface area contributed by atoms with Gasteiger partial charge in [0.05, 0.1) is 10.2 Å². The van der Waals surface area contributed by atoms with E-state index >= 15 is 0 Å². The van der Waals surface area contributed by atoms with Crippen LogP contribution in [0.4, 0.5) is 5.82 Å². The Morgan fingerprint density at radius 1 is 1.53 bits per heavy atom. The van der Waals surface area contributed by atoms with E-state index < -0.39 is 0 Å². The summed E-state index contributed by atoms with van der Waals surface area (Å²) in [6, 6.07) is 5.19. The largest absolute Gasteiger partial charge is 0.351 e. The molecule has 0 saturated carbocycles. The maximum absolute atomic E-state index is 12.0. The highest BCUT2D eigenvalue weighted by molar-refractivity contribution is 9.10. The minimum atomic E-state index is -0.287. The average Bonchev–Trinajstić information content (AvgIpc) is 2.75. The van der Waals surface area contributed by atoms with Gasteiger partial charge in [0.2, 0.25) is 5.76 Å².